The lowest BCUT2D eigenvalue weighted by Crippen LogP contribution is -2.48. The van der Waals surface area contributed by atoms with E-state index in [1.807, 2.05) is 0 Å². The summed E-state index contributed by atoms with van der Waals surface area (Å²) in [5, 5.41) is 0.426. The van der Waals surface area contributed by atoms with Crippen LogP contribution in [0.3, 0.4) is 0 Å². The molecule has 0 saturated carbocycles. The van der Waals surface area contributed by atoms with Crippen molar-refractivity contribution in [3.8, 4) is 0 Å². The van der Waals surface area contributed by atoms with Crippen molar-refractivity contribution in [2.75, 3.05) is 0 Å². The number of hydrogen-bond acceptors (Lipinski definition) is 2. The highest BCUT2D eigenvalue weighted by Crippen LogP contribution is 2.42. The second kappa shape index (κ2) is 6.49. The summed E-state index contributed by atoms with van der Waals surface area (Å²) in [6.07, 6.45) is 1.77. The molecule has 1 saturated heterocycles. The van der Waals surface area contributed by atoms with Gasteiger partial charge < -0.3 is 9.47 Å². The standard InChI is InChI=1S/C17H36O2Si/c1-12(2)15-10-14(18-16(19-15)13(3)4)11-20(8,9)17(5,6)7/h12-16H,10-11H2,1-9H3. The normalized spacial score (nSPS) is 29.2. The molecular weight excluding hydrogens is 264 g/mol. The van der Waals surface area contributed by atoms with Crippen molar-refractivity contribution in [1.82, 2.24) is 0 Å². The molecule has 0 N–H and O–H groups in total. The lowest BCUT2D eigenvalue weighted by atomic mass is 9.99. The Morgan fingerprint density at radius 3 is 1.95 bits per heavy atom. The van der Waals surface area contributed by atoms with Crippen LogP contribution in [0.4, 0.5) is 0 Å². The second-order valence-electron chi connectivity index (χ2n) is 8.86. The lowest BCUT2D eigenvalue weighted by Gasteiger charge is -2.44. The number of ether oxygens (including phenoxy) is 2. The summed E-state index contributed by atoms with van der Waals surface area (Å²) in [6, 6.07) is 1.24. The third-order valence-corrected chi connectivity index (χ3v) is 10.7. The first-order chi connectivity index (χ1) is 8.94. The molecular formula is C17H36O2Si. The van der Waals surface area contributed by atoms with Crippen molar-refractivity contribution >= 4 is 8.07 Å². The zero-order valence-corrected chi connectivity index (χ0v) is 16.1. The van der Waals surface area contributed by atoms with Crippen molar-refractivity contribution in [2.45, 2.75) is 97.6 Å². The van der Waals surface area contributed by atoms with Gasteiger partial charge in [0.05, 0.1) is 20.3 Å². The molecule has 3 atom stereocenters. The fourth-order valence-electron chi connectivity index (χ4n) is 2.51. The maximum Gasteiger partial charge on any atom is 0.160 e. The Labute approximate surface area is 127 Å². The zero-order valence-electron chi connectivity index (χ0n) is 15.1. The molecule has 0 radical (unpaired) electrons. The zero-order chi connectivity index (χ0) is 15.7. The quantitative estimate of drug-likeness (QED) is 0.655. The van der Waals surface area contributed by atoms with Crippen LogP contribution in [0.2, 0.25) is 24.2 Å². The van der Waals surface area contributed by atoms with Crippen molar-refractivity contribution in [3.63, 3.8) is 0 Å². The molecule has 1 heterocycles. The molecule has 1 fully saturated rings. The van der Waals surface area contributed by atoms with Crippen LogP contribution in [-0.4, -0.2) is 26.6 Å². The van der Waals surface area contributed by atoms with E-state index < -0.39 is 8.07 Å². The van der Waals surface area contributed by atoms with Gasteiger partial charge in [-0.15, -0.1) is 0 Å². The summed E-state index contributed by atoms with van der Waals surface area (Å²) in [4.78, 5) is 0. The van der Waals surface area contributed by atoms with Crippen molar-refractivity contribution in [3.05, 3.63) is 0 Å². The Hall–Kier alpha value is 0.137. The van der Waals surface area contributed by atoms with E-state index in [0.717, 1.165) is 6.42 Å². The summed E-state index contributed by atoms with van der Waals surface area (Å²) in [7, 11) is -1.30. The molecule has 0 aromatic heterocycles. The number of hydrogen-bond donors (Lipinski definition) is 0. The van der Waals surface area contributed by atoms with Crippen LogP contribution in [0.25, 0.3) is 0 Å². The van der Waals surface area contributed by atoms with Crippen LogP contribution >= 0.6 is 0 Å². The molecule has 0 spiro atoms. The maximum atomic E-state index is 6.27. The predicted octanol–water partition coefficient (Wildman–Crippen LogP) is 5.31. The summed E-state index contributed by atoms with van der Waals surface area (Å²) in [5.74, 6) is 1.00. The third-order valence-electron chi connectivity index (χ3n) is 5.19. The minimum absolute atomic E-state index is 0.0223. The Bertz CT molecular complexity index is 289. The van der Waals surface area contributed by atoms with Crippen LogP contribution in [-0.2, 0) is 9.47 Å². The van der Waals surface area contributed by atoms with E-state index in [4.69, 9.17) is 9.47 Å². The van der Waals surface area contributed by atoms with E-state index in [9.17, 15) is 0 Å². The van der Waals surface area contributed by atoms with Gasteiger partial charge >= 0.3 is 0 Å². The molecule has 1 aliphatic rings. The largest absolute Gasteiger partial charge is 0.349 e. The second-order valence-corrected chi connectivity index (χ2v) is 14.5. The van der Waals surface area contributed by atoms with Gasteiger partial charge in [-0.05, 0) is 23.4 Å². The van der Waals surface area contributed by atoms with Gasteiger partial charge in [-0.25, -0.2) is 0 Å². The van der Waals surface area contributed by atoms with Crippen LogP contribution in [0, 0.1) is 11.8 Å². The Balaban J connectivity index is 2.78. The maximum absolute atomic E-state index is 6.27. The molecule has 1 rings (SSSR count). The van der Waals surface area contributed by atoms with Gasteiger partial charge in [0.15, 0.2) is 6.29 Å². The molecule has 0 amide bonds. The predicted molar refractivity (Wildman–Crippen MR) is 89.8 cm³/mol. The minimum atomic E-state index is -1.30. The van der Waals surface area contributed by atoms with Gasteiger partial charge in [0.1, 0.15) is 0 Å². The molecule has 0 aliphatic carbocycles. The molecule has 0 aromatic rings. The molecule has 3 unspecified atom stereocenters. The van der Waals surface area contributed by atoms with Crippen LogP contribution in [0.5, 0.6) is 0 Å². The molecule has 2 nitrogen and oxygen atoms in total. The Morgan fingerprint density at radius 2 is 1.55 bits per heavy atom. The van der Waals surface area contributed by atoms with Crippen molar-refractivity contribution in [1.29, 1.82) is 0 Å². The van der Waals surface area contributed by atoms with Gasteiger partial charge in [-0.1, -0.05) is 61.6 Å². The first-order valence-electron chi connectivity index (χ1n) is 8.25. The van der Waals surface area contributed by atoms with E-state index >= 15 is 0 Å². The number of rotatable bonds is 4. The van der Waals surface area contributed by atoms with E-state index in [0.29, 0.717) is 29.1 Å². The topological polar surface area (TPSA) is 18.5 Å². The van der Waals surface area contributed by atoms with E-state index in [1.54, 1.807) is 0 Å². The van der Waals surface area contributed by atoms with E-state index in [-0.39, 0.29) is 6.29 Å². The van der Waals surface area contributed by atoms with Crippen LogP contribution < -0.4 is 0 Å². The summed E-state index contributed by atoms with van der Waals surface area (Å²) in [5.41, 5.74) is 0. The molecule has 20 heavy (non-hydrogen) atoms. The fraction of sp³-hybridized carbons (Fsp3) is 1.00. The average molecular weight is 301 g/mol. The van der Waals surface area contributed by atoms with Crippen molar-refractivity contribution in [2.24, 2.45) is 11.8 Å². The highest BCUT2D eigenvalue weighted by Gasteiger charge is 2.41. The van der Waals surface area contributed by atoms with Gasteiger partial charge in [0, 0.05) is 5.92 Å². The minimum Gasteiger partial charge on any atom is -0.349 e. The molecule has 0 aromatic carbocycles. The Morgan fingerprint density at radius 1 is 1.00 bits per heavy atom. The molecule has 1 aliphatic heterocycles. The summed E-state index contributed by atoms with van der Waals surface area (Å²) >= 11 is 0. The highest BCUT2D eigenvalue weighted by molar-refractivity contribution is 6.80. The first-order valence-corrected chi connectivity index (χ1v) is 11.5. The van der Waals surface area contributed by atoms with E-state index in [2.05, 4.69) is 61.6 Å². The van der Waals surface area contributed by atoms with Gasteiger partial charge in [0.25, 0.3) is 0 Å². The lowest BCUT2D eigenvalue weighted by molar-refractivity contribution is -0.263. The van der Waals surface area contributed by atoms with Gasteiger partial charge in [0.2, 0.25) is 0 Å². The van der Waals surface area contributed by atoms with Crippen molar-refractivity contribution < 1.29 is 9.47 Å². The molecule has 0 bridgehead atoms. The SMILES string of the molecule is CC(C)C1CC(C[Si](C)(C)C(C)(C)C)OC(C(C)C)O1. The molecule has 120 valence electrons. The monoisotopic (exact) mass is 300 g/mol. The van der Waals surface area contributed by atoms with Gasteiger partial charge in [-0.2, -0.15) is 0 Å². The molecule has 3 heteroatoms. The first kappa shape index (κ1) is 18.2. The average Bonchev–Trinajstić information content (AvgIpc) is 2.26. The van der Waals surface area contributed by atoms with Crippen LogP contribution in [0.15, 0.2) is 0 Å². The smallest absolute Gasteiger partial charge is 0.160 e. The van der Waals surface area contributed by atoms with Gasteiger partial charge in [-0.3, -0.25) is 0 Å². The fourth-order valence-corrected chi connectivity index (χ4v) is 4.53. The van der Waals surface area contributed by atoms with E-state index in [1.165, 1.54) is 6.04 Å². The Kier molecular flexibility index (Phi) is 5.90. The summed E-state index contributed by atoms with van der Waals surface area (Å²) < 4.78 is 12.4. The summed E-state index contributed by atoms with van der Waals surface area (Å²) in [6.45, 7) is 21.1. The van der Waals surface area contributed by atoms with Crippen LogP contribution in [0.1, 0.15) is 54.9 Å². The third kappa shape index (κ3) is 4.57. The highest BCUT2D eigenvalue weighted by atomic mass is 28.3.